The second-order valence-electron chi connectivity index (χ2n) is 6.58. The summed E-state index contributed by atoms with van der Waals surface area (Å²) in [6.45, 7) is 5.08. The lowest BCUT2D eigenvalue weighted by molar-refractivity contribution is -0.384. The maximum atomic E-state index is 13.1. The number of halogens is 2. The second kappa shape index (κ2) is 7.84. The molecule has 2 aromatic rings. The molecule has 1 fully saturated rings. The fourth-order valence-electron chi connectivity index (χ4n) is 3.26. The number of anilines is 1. The lowest BCUT2D eigenvalue weighted by atomic mass is 9.99. The Kier molecular flexibility index (Phi) is 5.69. The van der Waals surface area contributed by atoms with Crippen molar-refractivity contribution in [1.29, 1.82) is 0 Å². The van der Waals surface area contributed by atoms with Gasteiger partial charge in [0.1, 0.15) is 0 Å². The molecule has 0 radical (unpaired) electrons. The van der Waals surface area contributed by atoms with Crippen molar-refractivity contribution >= 4 is 40.4 Å². The van der Waals surface area contributed by atoms with Crippen LogP contribution in [0.25, 0.3) is 0 Å². The fraction of sp³-hybridized carbons (Fsp3) is 0.316. The van der Waals surface area contributed by atoms with Crippen LogP contribution in [0.1, 0.15) is 29.8 Å². The van der Waals surface area contributed by atoms with Gasteiger partial charge in [0.2, 0.25) is 0 Å². The largest absolute Gasteiger partial charge is 0.372 e. The predicted molar refractivity (Wildman–Crippen MR) is 105 cm³/mol. The standard InChI is InChI=1S/C19H18Cl2N2O4/c1-11-9-22(10-12(2)27-11)18-6-4-14(23(25)26)8-15(18)19(24)13-3-5-16(20)17(21)7-13/h3-8,11-12H,9-10H2,1-2H3/t11-,12-/m0/s1. The molecule has 2 atom stereocenters. The van der Waals surface area contributed by atoms with Crippen molar-refractivity contribution in [2.24, 2.45) is 0 Å². The first-order valence-electron chi connectivity index (χ1n) is 8.45. The van der Waals surface area contributed by atoms with E-state index in [0.29, 0.717) is 29.4 Å². The number of carbonyl (C=O) groups excluding carboxylic acids is 1. The average molecular weight is 409 g/mol. The topological polar surface area (TPSA) is 72.7 Å². The van der Waals surface area contributed by atoms with Gasteiger partial charge in [-0.25, -0.2) is 0 Å². The normalized spacial score (nSPS) is 19.8. The Morgan fingerprint density at radius 3 is 2.37 bits per heavy atom. The van der Waals surface area contributed by atoms with Crippen molar-refractivity contribution in [2.75, 3.05) is 18.0 Å². The van der Waals surface area contributed by atoms with Crippen LogP contribution in [0.15, 0.2) is 36.4 Å². The third-order valence-electron chi connectivity index (χ3n) is 4.38. The zero-order valence-electron chi connectivity index (χ0n) is 14.8. The minimum Gasteiger partial charge on any atom is -0.372 e. The molecule has 1 saturated heterocycles. The highest BCUT2D eigenvalue weighted by Crippen LogP contribution is 2.31. The predicted octanol–water partition coefficient (Wildman–Crippen LogP) is 4.75. The summed E-state index contributed by atoms with van der Waals surface area (Å²) in [7, 11) is 0. The van der Waals surface area contributed by atoms with Gasteiger partial charge < -0.3 is 9.64 Å². The third kappa shape index (κ3) is 4.24. The van der Waals surface area contributed by atoms with E-state index in [-0.39, 0.29) is 34.3 Å². The number of morpholine rings is 1. The van der Waals surface area contributed by atoms with E-state index >= 15 is 0 Å². The van der Waals surface area contributed by atoms with Crippen molar-refractivity contribution in [2.45, 2.75) is 26.1 Å². The van der Waals surface area contributed by atoms with Crippen LogP contribution in [0.5, 0.6) is 0 Å². The molecule has 1 heterocycles. The van der Waals surface area contributed by atoms with E-state index in [0.717, 1.165) is 0 Å². The van der Waals surface area contributed by atoms with Crippen molar-refractivity contribution in [3.63, 3.8) is 0 Å². The zero-order valence-corrected chi connectivity index (χ0v) is 16.3. The minimum absolute atomic E-state index is 0.0168. The van der Waals surface area contributed by atoms with Gasteiger partial charge in [0.05, 0.1) is 32.7 Å². The van der Waals surface area contributed by atoms with Gasteiger partial charge in [-0.05, 0) is 38.1 Å². The van der Waals surface area contributed by atoms with E-state index in [1.165, 1.54) is 24.3 Å². The molecule has 1 aliphatic rings. The fourth-order valence-corrected chi connectivity index (χ4v) is 3.56. The molecule has 0 N–H and O–H groups in total. The van der Waals surface area contributed by atoms with Crippen LogP contribution in [0.4, 0.5) is 11.4 Å². The number of non-ortho nitro benzene ring substituents is 1. The van der Waals surface area contributed by atoms with Crippen molar-refractivity contribution < 1.29 is 14.5 Å². The Hall–Kier alpha value is -2.15. The maximum Gasteiger partial charge on any atom is 0.270 e. The summed E-state index contributed by atoms with van der Waals surface area (Å²) in [5.74, 6) is -0.348. The monoisotopic (exact) mass is 408 g/mol. The molecular formula is C19H18Cl2N2O4. The molecule has 0 spiro atoms. The molecule has 0 bridgehead atoms. The highest BCUT2D eigenvalue weighted by molar-refractivity contribution is 6.42. The van der Waals surface area contributed by atoms with Gasteiger partial charge >= 0.3 is 0 Å². The lowest BCUT2D eigenvalue weighted by Gasteiger charge is -2.37. The van der Waals surface area contributed by atoms with Gasteiger partial charge in [0.15, 0.2) is 5.78 Å². The molecular weight excluding hydrogens is 391 g/mol. The molecule has 6 nitrogen and oxygen atoms in total. The second-order valence-corrected chi connectivity index (χ2v) is 7.39. The Labute approximate surface area is 166 Å². The van der Waals surface area contributed by atoms with Crippen LogP contribution in [0.2, 0.25) is 10.0 Å². The number of ether oxygens (including phenoxy) is 1. The van der Waals surface area contributed by atoms with Gasteiger partial charge in [-0.3, -0.25) is 14.9 Å². The summed E-state index contributed by atoms with van der Waals surface area (Å²) in [6.07, 6.45) is -0.0336. The molecule has 8 heteroatoms. The Morgan fingerprint density at radius 2 is 1.78 bits per heavy atom. The molecule has 1 aliphatic heterocycles. The Bertz CT molecular complexity index is 893. The number of benzene rings is 2. The molecule has 0 saturated carbocycles. The average Bonchev–Trinajstić information content (AvgIpc) is 2.62. The summed E-state index contributed by atoms with van der Waals surface area (Å²) < 4.78 is 5.75. The number of hydrogen-bond donors (Lipinski definition) is 0. The van der Waals surface area contributed by atoms with Crippen molar-refractivity contribution in [1.82, 2.24) is 0 Å². The first-order chi connectivity index (χ1) is 12.8. The molecule has 3 rings (SSSR count). The number of carbonyl (C=O) groups is 1. The molecule has 2 aromatic carbocycles. The number of ketones is 1. The molecule has 0 aliphatic carbocycles. The summed E-state index contributed by atoms with van der Waals surface area (Å²) in [6, 6.07) is 8.90. The van der Waals surface area contributed by atoms with Crippen LogP contribution in [0.3, 0.4) is 0 Å². The SMILES string of the molecule is C[C@H]1CN(c2ccc([N+](=O)[O-])cc2C(=O)c2ccc(Cl)c(Cl)c2)C[C@H](C)O1. The lowest BCUT2D eigenvalue weighted by Crippen LogP contribution is -2.46. The summed E-state index contributed by atoms with van der Waals surface area (Å²) in [5, 5.41) is 11.8. The zero-order chi connectivity index (χ0) is 19.7. The molecule has 142 valence electrons. The highest BCUT2D eigenvalue weighted by Gasteiger charge is 2.27. The first kappa shape index (κ1) is 19.6. The smallest absolute Gasteiger partial charge is 0.270 e. The van der Waals surface area contributed by atoms with E-state index in [1.807, 2.05) is 18.7 Å². The maximum absolute atomic E-state index is 13.1. The summed E-state index contributed by atoms with van der Waals surface area (Å²) in [4.78, 5) is 25.9. The van der Waals surface area contributed by atoms with E-state index in [1.54, 1.807) is 12.1 Å². The van der Waals surface area contributed by atoms with E-state index in [9.17, 15) is 14.9 Å². The third-order valence-corrected chi connectivity index (χ3v) is 5.12. The number of nitro benzene ring substituents is 1. The van der Waals surface area contributed by atoms with E-state index in [4.69, 9.17) is 27.9 Å². The molecule has 0 amide bonds. The van der Waals surface area contributed by atoms with E-state index in [2.05, 4.69) is 0 Å². The molecule has 0 aromatic heterocycles. The Balaban J connectivity index is 2.07. The van der Waals surface area contributed by atoms with Crippen molar-refractivity contribution in [3.05, 3.63) is 67.7 Å². The first-order valence-corrected chi connectivity index (χ1v) is 9.20. The molecule has 0 unspecified atom stereocenters. The van der Waals surface area contributed by atoms with Crippen LogP contribution < -0.4 is 4.90 Å². The molecule has 27 heavy (non-hydrogen) atoms. The highest BCUT2D eigenvalue weighted by atomic mass is 35.5. The Morgan fingerprint density at radius 1 is 1.11 bits per heavy atom. The quantitative estimate of drug-likeness (QED) is 0.414. The van der Waals surface area contributed by atoms with Gasteiger partial charge in [0, 0.05) is 36.5 Å². The van der Waals surface area contributed by atoms with Gasteiger partial charge in [-0.1, -0.05) is 23.2 Å². The van der Waals surface area contributed by atoms with Gasteiger partial charge in [-0.15, -0.1) is 0 Å². The van der Waals surface area contributed by atoms with Crippen LogP contribution in [-0.4, -0.2) is 36.0 Å². The van der Waals surface area contributed by atoms with Crippen LogP contribution in [0, 0.1) is 10.1 Å². The van der Waals surface area contributed by atoms with Crippen LogP contribution in [-0.2, 0) is 4.74 Å². The number of hydrogen-bond acceptors (Lipinski definition) is 5. The van der Waals surface area contributed by atoms with Crippen LogP contribution >= 0.6 is 23.2 Å². The minimum atomic E-state index is -0.514. The number of nitro groups is 1. The number of rotatable bonds is 4. The van der Waals surface area contributed by atoms with E-state index < -0.39 is 4.92 Å². The summed E-state index contributed by atoms with van der Waals surface area (Å²) >= 11 is 12.0. The van der Waals surface area contributed by atoms with Gasteiger partial charge in [0.25, 0.3) is 5.69 Å². The van der Waals surface area contributed by atoms with Gasteiger partial charge in [-0.2, -0.15) is 0 Å². The number of nitrogens with zero attached hydrogens (tertiary/aromatic N) is 2. The van der Waals surface area contributed by atoms with Crippen molar-refractivity contribution in [3.8, 4) is 0 Å². The summed E-state index contributed by atoms with van der Waals surface area (Å²) in [5.41, 5.74) is 1.07.